The highest BCUT2D eigenvalue weighted by Gasteiger charge is 2.27. The molecule has 4 N–H and O–H groups in total. The molecule has 1 aliphatic rings. The second-order valence-corrected chi connectivity index (χ2v) is 4.73. The second kappa shape index (κ2) is 6.70. The van der Waals surface area contributed by atoms with Gasteiger partial charge < -0.3 is 9.90 Å². The van der Waals surface area contributed by atoms with Gasteiger partial charge in [0.05, 0.1) is 5.71 Å². The number of aliphatic carboxylic acids is 1. The van der Waals surface area contributed by atoms with Crippen LogP contribution in [0.3, 0.4) is 0 Å². The number of hydrazone groups is 1. The number of hydrogen-bond acceptors (Lipinski definition) is 3. The SMILES string of the molecule is CC(=O)[O-].CC1=N[N+](=C(N)N)C(c2ccc(C)cc2)C1. The molecule has 6 nitrogen and oxygen atoms in total. The molecule has 108 valence electrons. The van der Waals surface area contributed by atoms with Gasteiger partial charge in [-0.1, -0.05) is 29.8 Å². The van der Waals surface area contributed by atoms with Gasteiger partial charge in [-0.25, -0.2) is 0 Å². The molecule has 0 saturated carbocycles. The molecule has 20 heavy (non-hydrogen) atoms. The van der Waals surface area contributed by atoms with Crippen LogP contribution >= 0.6 is 0 Å². The van der Waals surface area contributed by atoms with Crippen molar-refractivity contribution in [3.63, 3.8) is 0 Å². The van der Waals surface area contributed by atoms with Crippen LogP contribution in [0.15, 0.2) is 29.4 Å². The van der Waals surface area contributed by atoms with E-state index in [-0.39, 0.29) is 12.0 Å². The standard InChI is InChI=1S/C12H16N4.C2H4O2/c1-8-3-5-10(6-4-8)11-7-9(2)15-16(11)12(13)14;1-2(3)4/h3-6,11H,7H2,1-2H3,(H3,13,14);1H3,(H,3,4). The van der Waals surface area contributed by atoms with Crippen LogP contribution in [0.1, 0.15) is 37.4 Å². The summed E-state index contributed by atoms with van der Waals surface area (Å²) in [5, 5.41) is 13.2. The Balaban J connectivity index is 0.000000444. The van der Waals surface area contributed by atoms with Gasteiger partial charge >= 0.3 is 5.96 Å². The summed E-state index contributed by atoms with van der Waals surface area (Å²) in [5.74, 6) is -0.831. The molecule has 0 bridgehead atoms. The molecule has 0 aliphatic carbocycles. The average Bonchev–Trinajstić information content (AvgIpc) is 2.72. The summed E-state index contributed by atoms with van der Waals surface area (Å²) in [7, 11) is 0. The monoisotopic (exact) mass is 276 g/mol. The smallest absolute Gasteiger partial charge is 0.365 e. The van der Waals surface area contributed by atoms with Crippen molar-refractivity contribution in [1.29, 1.82) is 0 Å². The maximum Gasteiger partial charge on any atom is 0.365 e. The van der Waals surface area contributed by atoms with E-state index in [2.05, 4.69) is 36.3 Å². The van der Waals surface area contributed by atoms with Gasteiger partial charge in [0.25, 0.3) is 0 Å². The van der Waals surface area contributed by atoms with E-state index < -0.39 is 5.97 Å². The molecule has 1 aromatic carbocycles. The van der Waals surface area contributed by atoms with E-state index in [4.69, 9.17) is 21.4 Å². The van der Waals surface area contributed by atoms with Crippen molar-refractivity contribution >= 4 is 17.6 Å². The zero-order chi connectivity index (χ0) is 15.3. The topological polar surface area (TPSA) is 108 Å². The van der Waals surface area contributed by atoms with Gasteiger partial charge in [-0.15, -0.1) is 9.79 Å². The van der Waals surface area contributed by atoms with Gasteiger partial charge in [0.1, 0.15) is 6.04 Å². The molecule has 0 aromatic heterocycles. The highest BCUT2D eigenvalue weighted by atomic mass is 16.4. The molecular formula is C14H20N4O2. The van der Waals surface area contributed by atoms with Crippen LogP contribution in [-0.2, 0) is 4.79 Å². The lowest BCUT2D eigenvalue weighted by atomic mass is 10.0. The number of carbonyl (C=O) groups excluding carboxylic acids is 1. The Bertz CT molecular complexity index is 539. The van der Waals surface area contributed by atoms with Crippen molar-refractivity contribution in [2.45, 2.75) is 33.2 Å². The Hall–Kier alpha value is -2.37. The molecular weight excluding hydrogens is 256 g/mol. The summed E-state index contributed by atoms with van der Waals surface area (Å²) in [6, 6.07) is 8.53. The van der Waals surface area contributed by atoms with Crippen LogP contribution < -0.4 is 16.6 Å². The van der Waals surface area contributed by atoms with Crippen molar-refractivity contribution in [2.24, 2.45) is 16.6 Å². The molecule has 0 fully saturated rings. The zero-order valence-electron chi connectivity index (χ0n) is 12.0. The van der Waals surface area contributed by atoms with E-state index in [1.54, 1.807) is 4.68 Å². The lowest BCUT2D eigenvalue weighted by molar-refractivity contribution is -0.569. The first kappa shape index (κ1) is 15.7. The number of nitrogens with zero attached hydrogens (tertiary/aromatic N) is 2. The number of carboxylic acid groups (broad SMARTS) is 1. The molecule has 6 heteroatoms. The second-order valence-electron chi connectivity index (χ2n) is 4.73. The Labute approximate surface area is 118 Å². The van der Waals surface area contributed by atoms with E-state index >= 15 is 0 Å². The third-order valence-corrected chi connectivity index (χ3v) is 2.79. The molecule has 1 atom stereocenters. The van der Waals surface area contributed by atoms with Crippen LogP contribution in [0, 0.1) is 6.92 Å². The Kier molecular flexibility index (Phi) is 5.25. The van der Waals surface area contributed by atoms with E-state index in [1.165, 1.54) is 11.1 Å². The maximum atomic E-state index is 8.89. The number of hydrogen-bond donors (Lipinski definition) is 2. The minimum Gasteiger partial charge on any atom is -0.550 e. The Morgan fingerprint density at radius 2 is 1.80 bits per heavy atom. The number of aryl methyl sites for hydroxylation is 1. The normalized spacial score (nSPS) is 17.1. The summed E-state index contributed by atoms with van der Waals surface area (Å²) in [4.78, 5) is 8.89. The van der Waals surface area contributed by atoms with Gasteiger partial charge in [0.2, 0.25) is 0 Å². The lowest BCUT2D eigenvalue weighted by Crippen LogP contribution is -2.33. The molecule has 2 rings (SSSR count). The number of nitrogens with two attached hydrogens (primary N) is 2. The van der Waals surface area contributed by atoms with Crippen molar-refractivity contribution in [3.05, 3.63) is 35.4 Å². The van der Waals surface area contributed by atoms with Crippen LogP contribution in [0.4, 0.5) is 0 Å². The largest absolute Gasteiger partial charge is 0.550 e. The van der Waals surface area contributed by atoms with Crippen molar-refractivity contribution < 1.29 is 14.6 Å². The zero-order valence-corrected chi connectivity index (χ0v) is 12.0. The summed E-state index contributed by atoms with van der Waals surface area (Å²) < 4.78 is 1.69. The van der Waals surface area contributed by atoms with Crippen LogP contribution in [-0.4, -0.2) is 22.3 Å². The molecule has 0 radical (unpaired) electrons. The molecule has 1 heterocycles. The molecule has 0 spiro atoms. The minimum atomic E-state index is -1.08. The summed E-state index contributed by atoms with van der Waals surface area (Å²) in [6.45, 7) is 5.03. The van der Waals surface area contributed by atoms with E-state index in [0.717, 1.165) is 19.1 Å². The van der Waals surface area contributed by atoms with Crippen LogP contribution in [0.5, 0.6) is 0 Å². The minimum absolute atomic E-state index is 0.144. The van der Waals surface area contributed by atoms with Gasteiger partial charge in [0, 0.05) is 12.4 Å². The first-order chi connectivity index (χ1) is 9.31. The fourth-order valence-electron chi connectivity index (χ4n) is 1.95. The summed E-state index contributed by atoms with van der Waals surface area (Å²) in [6.07, 6.45) is 0.876. The number of guanidine groups is 1. The Morgan fingerprint density at radius 3 is 2.25 bits per heavy atom. The average molecular weight is 276 g/mol. The molecule has 1 unspecified atom stereocenters. The van der Waals surface area contributed by atoms with Crippen molar-refractivity contribution in [3.8, 4) is 0 Å². The van der Waals surface area contributed by atoms with Crippen molar-refractivity contribution in [1.82, 2.24) is 0 Å². The quantitative estimate of drug-likeness (QED) is 0.549. The predicted molar refractivity (Wildman–Crippen MR) is 76.0 cm³/mol. The van der Waals surface area contributed by atoms with Crippen molar-refractivity contribution in [2.75, 3.05) is 0 Å². The first-order valence-electron chi connectivity index (χ1n) is 6.26. The van der Waals surface area contributed by atoms with Crippen LogP contribution in [0.2, 0.25) is 0 Å². The van der Waals surface area contributed by atoms with Gasteiger partial charge in [-0.3, -0.25) is 11.5 Å². The molecule has 1 aromatic rings. The fourth-order valence-corrected chi connectivity index (χ4v) is 1.95. The highest BCUT2D eigenvalue weighted by molar-refractivity contribution is 5.83. The summed E-state index contributed by atoms with van der Waals surface area (Å²) >= 11 is 0. The highest BCUT2D eigenvalue weighted by Crippen LogP contribution is 2.26. The van der Waals surface area contributed by atoms with E-state index in [0.29, 0.717) is 0 Å². The third-order valence-electron chi connectivity index (χ3n) is 2.79. The predicted octanol–water partition coefficient (Wildman–Crippen LogP) is -0.142. The molecule has 0 amide bonds. The van der Waals surface area contributed by atoms with Gasteiger partial charge in [-0.2, -0.15) is 0 Å². The first-order valence-corrected chi connectivity index (χ1v) is 6.26. The molecule has 0 saturated heterocycles. The number of carbonyl (C=O) groups is 1. The van der Waals surface area contributed by atoms with E-state index in [1.807, 2.05) is 6.92 Å². The van der Waals surface area contributed by atoms with E-state index in [9.17, 15) is 0 Å². The fraction of sp³-hybridized carbons (Fsp3) is 0.357. The van der Waals surface area contributed by atoms with Gasteiger partial charge in [-0.05, 0) is 26.3 Å². The van der Waals surface area contributed by atoms with Crippen LogP contribution in [0.25, 0.3) is 0 Å². The number of rotatable bonds is 1. The lowest BCUT2D eigenvalue weighted by Gasteiger charge is -2.10. The molecule has 1 aliphatic heterocycles. The number of benzene rings is 1. The van der Waals surface area contributed by atoms with Gasteiger partial charge in [0.15, 0.2) is 0 Å². The Morgan fingerprint density at radius 1 is 1.30 bits per heavy atom. The number of carboxylic acids is 1. The third kappa shape index (κ3) is 4.38. The summed E-state index contributed by atoms with van der Waals surface area (Å²) in [5.41, 5.74) is 14.8. The maximum absolute atomic E-state index is 8.89.